The van der Waals surface area contributed by atoms with Crippen LogP contribution in [0.1, 0.15) is 34.6 Å². The molecule has 0 saturated heterocycles. The first-order chi connectivity index (χ1) is 6.70. The third kappa shape index (κ3) is 2.39. The SMILES string of the molecule is COC(=O)[C@@H]1C(C(C)(C)C)=CSC1(C)C. The third-order valence-electron chi connectivity index (χ3n) is 2.80. The third-order valence-corrected chi connectivity index (χ3v) is 4.01. The van der Waals surface area contributed by atoms with Crippen LogP contribution in [0, 0.1) is 11.3 Å². The molecule has 0 bridgehead atoms. The summed E-state index contributed by atoms with van der Waals surface area (Å²) in [6, 6.07) is 0. The van der Waals surface area contributed by atoms with Gasteiger partial charge in [0.2, 0.25) is 0 Å². The maximum atomic E-state index is 11.8. The summed E-state index contributed by atoms with van der Waals surface area (Å²) in [5.74, 6) is -0.237. The van der Waals surface area contributed by atoms with Crippen molar-refractivity contribution in [1.29, 1.82) is 0 Å². The first kappa shape index (κ1) is 12.6. The molecule has 0 saturated carbocycles. The van der Waals surface area contributed by atoms with E-state index in [1.54, 1.807) is 11.8 Å². The van der Waals surface area contributed by atoms with Gasteiger partial charge in [-0.15, -0.1) is 11.8 Å². The highest BCUT2D eigenvalue weighted by Crippen LogP contribution is 2.51. The Kier molecular flexibility index (Phi) is 3.24. The normalized spacial score (nSPS) is 24.9. The van der Waals surface area contributed by atoms with Gasteiger partial charge in [0.1, 0.15) is 0 Å². The number of hydrogen-bond donors (Lipinski definition) is 0. The van der Waals surface area contributed by atoms with Crippen molar-refractivity contribution in [2.24, 2.45) is 11.3 Å². The van der Waals surface area contributed by atoms with Crippen molar-refractivity contribution in [3.63, 3.8) is 0 Å². The van der Waals surface area contributed by atoms with Gasteiger partial charge in [0, 0.05) is 4.75 Å². The number of thioether (sulfide) groups is 1. The van der Waals surface area contributed by atoms with Crippen LogP contribution in [0.25, 0.3) is 0 Å². The number of rotatable bonds is 1. The fourth-order valence-electron chi connectivity index (χ4n) is 1.86. The Bertz CT molecular complexity index is 297. The molecule has 0 N–H and O–H groups in total. The van der Waals surface area contributed by atoms with Crippen LogP contribution in [-0.2, 0) is 9.53 Å². The van der Waals surface area contributed by atoms with E-state index in [0.29, 0.717) is 0 Å². The van der Waals surface area contributed by atoms with E-state index in [0.717, 1.165) is 0 Å². The van der Waals surface area contributed by atoms with Gasteiger partial charge in [0.25, 0.3) is 0 Å². The van der Waals surface area contributed by atoms with E-state index in [2.05, 4.69) is 40.0 Å². The lowest BCUT2D eigenvalue weighted by Gasteiger charge is -2.31. The smallest absolute Gasteiger partial charge is 0.314 e. The molecule has 0 aliphatic carbocycles. The minimum absolute atomic E-state index is 0.0274. The first-order valence-corrected chi connectivity index (χ1v) is 6.04. The number of hydrogen-bond acceptors (Lipinski definition) is 3. The van der Waals surface area contributed by atoms with Crippen molar-refractivity contribution in [2.45, 2.75) is 39.4 Å². The zero-order chi connectivity index (χ0) is 11.9. The second kappa shape index (κ2) is 3.85. The average molecular weight is 228 g/mol. The van der Waals surface area contributed by atoms with E-state index < -0.39 is 0 Å². The van der Waals surface area contributed by atoms with E-state index in [4.69, 9.17) is 4.74 Å². The Morgan fingerprint density at radius 1 is 1.47 bits per heavy atom. The van der Waals surface area contributed by atoms with Crippen molar-refractivity contribution in [3.05, 3.63) is 11.0 Å². The molecule has 1 aliphatic heterocycles. The zero-order valence-corrected chi connectivity index (χ0v) is 11.2. The fraction of sp³-hybridized carbons (Fsp3) is 0.750. The summed E-state index contributed by atoms with van der Waals surface area (Å²) < 4.78 is 4.81. The highest BCUT2D eigenvalue weighted by Gasteiger charge is 2.46. The Morgan fingerprint density at radius 2 is 2.00 bits per heavy atom. The van der Waals surface area contributed by atoms with E-state index >= 15 is 0 Å². The van der Waals surface area contributed by atoms with E-state index in [1.807, 2.05) is 0 Å². The summed E-state index contributed by atoms with van der Waals surface area (Å²) in [5, 5.41) is 2.13. The summed E-state index contributed by atoms with van der Waals surface area (Å²) in [5.41, 5.74) is 1.21. The number of carbonyl (C=O) groups excluding carboxylic acids is 1. The van der Waals surface area contributed by atoms with E-state index in [9.17, 15) is 4.79 Å². The predicted octanol–water partition coefficient (Wildman–Crippen LogP) is 3.23. The summed E-state index contributed by atoms with van der Waals surface area (Å²) in [6.07, 6.45) is 0. The lowest BCUT2D eigenvalue weighted by Crippen LogP contribution is -2.36. The second-order valence-electron chi connectivity index (χ2n) is 5.50. The molecule has 0 radical (unpaired) electrons. The predicted molar refractivity (Wildman–Crippen MR) is 64.7 cm³/mol. The highest BCUT2D eigenvalue weighted by molar-refractivity contribution is 8.03. The van der Waals surface area contributed by atoms with Crippen LogP contribution in [0.15, 0.2) is 11.0 Å². The lowest BCUT2D eigenvalue weighted by atomic mass is 9.75. The molecule has 1 atom stereocenters. The van der Waals surface area contributed by atoms with E-state index in [1.165, 1.54) is 12.7 Å². The summed E-state index contributed by atoms with van der Waals surface area (Å²) >= 11 is 1.72. The second-order valence-corrected chi connectivity index (χ2v) is 7.02. The highest BCUT2D eigenvalue weighted by atomic mass is 32.2. The molecule has 15 heavy (non-hydrogen) atoms. The van der Waals surface area contributed by atoms with Crippen molar-refractivity contribution in [2.75, 3.05) is 7.11 Å². The van der Waals surface area contributed by atoms with Crippen molar-refractivity contribution in [3.8, 4) is 0 Å². The average Bonchev–Trinajstić information content (AvgIpc) is 2.39. The molecule has 0 spiro atoms. The number of carbonyl (C=O) groups is 1. The van der Waals surface area contributed by atoms with Gasteiger partial charge < -0.3 is 4.74 Å². The van der Waals surface area contributed by atoms with Crippen molar-refractivity contribution in [1.82, 2.24) is 0 Å². The number of ether oxygens (including phenoxy) is 1. The van der Waals surface area contributed by atoms with Crippen LogP contribution in [0.5, 0.6) is 0 Å². The number of methoxy groups -OCH3 is 1. The molecule has 0 aromatic carbocycles. The minimum atomic E-state index is -0.119. The van der Waals surface area contributed by atoms with Gasteiger partial charge in [-0.05, 0) is 30.2 Å². The zero-order valence-electron chi connectivity index (χ0n) is 10.4. The Balaban J connectivity index is 3.05. The van der Waals surface area contributed by atoms with Crippen molar-refractivity contribution < 1.29 is 9.53 Å². The van der Waals surface area contributed by atoms with Gasteiger partial charge in [-0.1, -0.05) is 20.8 Å². The molecular formula is C12H20O2S. The number of esters is 1. The molecule has 0 unspecified atom stereocenters. The Hall–Kier alpha value is -0.440. The van der Waals surface area contributed by atoms with Crippen LogP contribution >= 0.6 is 11.8 Å². The molecule has 0 aromatic heterocycles. The van der Waals surface area contributed by atoms with Crippen molar-refractivity contribution >= 4 is 17.7 Å². The molecular weight excluding hydrogens is 208 g/mol. The maximum Gasteiger partial charge on any atom is 0.314 e. The quantitative estimate of drug-likeness (QED) is 0.645. The van der Waals surface area contributed by atoms with Gasteiger partial charge in [0.05, 0.1) is 13.0 Å². The van der Waals surface area contributed by atoms with Gasteiger partial charge >= 0.3 is 5.97 Å². The molecule has 1 heterocycles. The molecule has 3 heteroatoms. The summed E-state index contributed by atoms with van der Waals surface area (Å²) in [4.78, 5) is 11.8. The molecule has 0 aromatic rings. The largest absolute Gasteiger partial charge is 0.469 e. The monoisotopic (exact) mass is 228 g/mol. The molecule has 2 nitrogen and oxygen atoms in total. The first-order valence-electron chi connectivity index (χ1n) is 5.16. The lowest BCUT2D eigenvalue weighted by molar-refractivity contribution is -0.145. The summed E-state index contributed by atoms with van der Waals surface area (Å²) in [6.45, 7) is 10.6. The van der Waals surface area contributed by atoms with Gasteiger partial charge in [-0.25, -0.2) is 0 Å². The van der Waals surface area contributed by atoms with Gasteiger partial charge in [-0.2, -0.15) is 0 Å². The van der Waals surface area contributed by atoms with Gasteiger partial charge in [0.15, 0.2) is 0 Å². The molecule has 86 valence electrons. The fourth-order valence-corrected chi connectivity index (χ4v) is 3.14. The molecule has 1 aliphatic rings. The van der Waals surface area contributed by atoms with Crippen LogP contribution in [-0.4, -0.2) is 17.8 Å². The molecule has 1 rings (SSSR count). The van der Waals surface area contributed by atoms with Crippen LogP contribution < -0.4 is 0 Å². The standard InChI is InChI=1S/C12H20O2S/c1-11(2,3)8-7-15-12(4,5)9(8)10(13)14-6/h7,9H,1-6H3/t9-/m0/s1. The van der Waals surface area contributed by atoms with E-state index in [-0.39, 0.29) is 22.0 Å². The van der Waals surface area contributed by atoms with Crippen LogP contribution in [0.4, 0.5) is 0 Å². The Labute approximate surface area is 96.5 Å². The molecule has 0 amide bonds. The molecule has 0 fully saturated rings. The van der Waals surface area contributed by atoms with Crippen LogP contribution in [0.3, 0.4) is 0 Å². The van der Waals surface area contributed by atoms with Gasteiger partial charge in [-0.3, -0.25) is 4.79 Å². The topological polar surface area (TPSA) is 26.3 Å². The Morgan fingerprint density at radius 3 is 2.40 bits per heavy atom. The maximum absolute atomic E-state index is 11.8. The van der Waals surface area contributed by atoms with Crippen LogP contribution in [0.2, 0.25) is 0 Å². The minimum Gasteiger partial charge on any atom is -0.469 e. The summed E-state index contributed by atoms with van der Waals surface area (Å²) in [7, 11) is 1.46.